The summed E-state index contributed by atoms with van der Waals surface area (Å²) in [6.07, 6.45) is 1.11. The molecule has 1 unspecified atom stereocenters. The maximum absolute atomic E-state index is 4.52. The molecule has 0 saturated carbocycles. The van der Waals surface area contributed by atoms with Crippen molar-refractivity contribution in [2.45, 2.75) is 20.3 Å². The maximum Gasteiger partial charge on any atom is 0.0322 e. The molecular weight excluding hydrogens is 92.1 g/mol. The predicted octanol–water partition coefficient (Wildman–Crippen LogP) is 1.91. The lowest BCUT2D eigenvalue weighted by atomic mass is 10.2. The molecule has 0 aliphatic rings. The summed E-state index contributed by atoms with van der Waals surface area (Å²) < 4.78 is 0. The molecule has 0 nitrogen and oxygen atoms in total. The first-order valence-corrected chi connectivity index (χ1v) is 2.59. The van der Waals surface area contributed by atoms with Gasteiger partial charge in [0.05, 0.1) is 0 Å². The van der Waals surface area contributed by atoms with Crippen LogP contribution in [-0.4, -0.2) is 5.37 Å². The largest absolute Gasteiger partial charge is 0.0834 e. The van der Waals surface area contributed by atoms with Gasteiger partial charge in [0.2, 0.25) is 0 Å². The Kier molecular flexibility index (Phi) is 3.34. The average Bonchev–Trinajstić information content (AvgIpc) is 1.65. The Labute approximate surface area is 44.6 Å². The molecule has 0 aromatic carbocycles. The second-order valence-corrected chi connectivity index (χ2v) is 1.66. The zero-order chi connectivity index (χ0) is 4.99. The molecular formula is C5H9S. The molecule has 0 aromatic rings. The van der Waals surface area contributed by atoms with Gasteiger partial charge in [0, 0.05) is 5.37 Å². The van der Waals surface area contributed by atoms with Gasteiger partial charge in [-0.2, -0.15) is 0 Å². The fraction of sp³-hybridized carbons (Fsp3) is 0.800. The molecule has 1 atom stereocenters. The highest BCUT2D eigenvalue weighted by atomic mass is 32.1. The highest BCUT2D eigenvalue weighted by Gasteiger charge is 1.87. The summed E-state index contributed by atoms with van der Waals surface area (Å²) in [5, 5.41) is 2.70. The van der Waals surface area contributed by atoms with E-state index in [1.54, 1.807) is 0 Å². The van der Waals surface area contributed by atoms with E-state index in [1.807, 2.05) is 0 Å². The number of hydrogen-bond acceptors (Lipinski definition) is 1. The smallest absolute Gasteiger partial charge is 0.0322 e. The van der Waals surface area contributed by atoms with E-state index in [9.17, 15) is 0 Å². The van der Waals surface area contributed by atoms with E-state index in [4.69, 9.17) is 0 Å². The molecule has 0 spiro atoms. The van der Waals surface area contributed by atoms with E-state index in [0.29, 0.717) is 5.92 Å². The molecule has 0 heterocycles. The fourth-order valence-electron chi connectivity index (χ4n) is 0.0833. The summed E-state index contributed by atoms with van der Waals surface area (Å²) in [7, 11) is 0. The molecule has 1 heteroatoms. The third kappa shape index (κ3) is 2.33. The zero-order valence-electron chi connectivity index (χ0n) is 4.19. The Morgan fingerprint density at radius 2 is 2.33 bits per heavy atom. The first-order valence-electron chi connectivity index (χ1n) is 2.19. The van der Waals surface area contributed by atoms with Crippen LogP contribution in [0.5, 0.6) is 0 Å². The minimum Gasteiger partial charge on any atom is -0.0834 e. The minimum absolute atomic E-state index is 0.500. The van der Waals surface area contributed by atoms with Crippen LogP contribution in [-0.2, 0) is 0 Å². The van der Waals surface area contributed by atoms with Crippen molar-refractivity contribution in [2.24, 2.45) is 5.92 Å². The van der Waals surface area contributed by atoms with Crippen LogP contribution < -0.4 is 0 Å². The molecule has 0 saturated heterocycles. The standard InChI is InChI=1S/C5H9S/c1-3-5(2)4-6/h5H,3H2,1-2H3. The highest BCUT2D eigenvalue weighted by Crippen LogP contribution is 1.93. The Balaban J connectivity index is 2.96. The summed E-state index contributed by atoms with van der Waals surface area (Å²) in [5.74, 6) is 0.500. The van der Waals surface area contributed by atoms with Crippen LogP contribution in [0.1, 0.15) is 20.3 Å². The fourth-order valence-corrected chi connectivity index (χ4v) is 0.250. The maximum atomic E-state index is 4.52. The minimum atomic E-state index is 0.500. The third-order valence-corrected chi connectivity index (χ3v) is 1.22. The summed E-state index contributed by atoms with van der Waals surface area (Å²) in [5.41, 5.74) is 0. The Morgan fingerprint density at radius 3 is 2.33 bits per heavy atom. The molecule has 6 heavy (non-hydrogen) atoms. The average molecular weight is 101 g/mol. The van der Waals surface area contributed by atoms with Crippen molar-refractivity contribution in [1.82, 2.24) is 0 Å². The van der Waals surface area contributed by atoms with Crippen molar-refractivity contribution >= 4 is 17.6 Å². The van der Waals surface area contributed by atoms with Gasteiger partial charge < -0.3 is 0 Å². The van der Waals surface area contributed by atoms with Gasteiger partial charge in [-0.25, -0.2) is 0 Å². The van der Waals surface area contributed by atoms with Crippen LogP contribution in [0.3, 0.4) is 0 Å². The second-order valence-electron chi connectivity index (χ2n) is 1.43. The lowest BCUT2D eigenvalue weighted by Crippen LogP contribution is -1.87. The molecule has 0 aliphatic carbocycles. The molecule has 0 bridgehead atoms. The Bertz CT molecular complexity index is 41.2. The van der Waals surface area contributed by atoms with E-state index in [-0.39, 0.29) is 0 Å². The monoisotopic (exact) mass is 101 g/mol. The summed E-state index contributed by atoms with van der Waals surface area (Å²) in [4.78, 5) is 0. The highest BCUT2D eigenvalue weighted by molar-refractivity contribution is 7.79. The van der Waals surface area contributed by atoms with Crippen LogP contribution in [0.25, 0.3) is 0 Å². The van der Waals surface area contributed by atoms with Crippen molar-refractivity contribution in [3.05, 3.63) is 0 Å². The predicted molar refractivity (Wildman–Crippen MR) is 32.1 cm³/mol. The van der Waals surface area contributed by atoms with Crippen LogP contribution in [0.15, 0.2) is 0 Å². The lowest BCUT2D eigenvalue weighted by Gasteiger charge is -1.91. The van der Waals surface area contributed by atoms with Gasteiger partial charge in [0.1, 0.15) is 0 Å². The molecule has 0 fully saturated rings. The number of thiocarbonyl (C=S) groups is 1. The second kappa shape index (κ2) is 3.29. The van der Waals surface area contributed by atoms with E-state index in [1.165, 1.54) is 0 Å². The van der Waals surface area contributed by atoms with Gasteiger partial charge in [-0.1, -0.05) is 26.1 Å². The molecule has 0 amide bonds. The summed E-state index contributed by atoms with van der Waals surface area (Å²) in [6, 6.07) is 0. The molecule has 0 aliphatic heterocycles. The van der Waals surface area contributed by atoms with Crippen molar-refractivity contribution in [3.63, 3.8) is 0 Å². The Morgan fingerprint density at radius 1 is 1.83 bits per heavy atom. The Hall–Kier alpha value is 0.0900. The zero-order valence-corrected chi connectivity index (χ0v) is 5.01. The topological polar surface area (TPSA) is 0 Å². The van der Waals surface area contributed by atoms with Gasteiger partial charge in [0.15, 0.2) is 0 Å². The quantitative estimate of drug-likeness (QED) is 0.479. The van der Waals surface area contributed by atoms with Crippen molar-refractivity contribution in [2.75, 3.05) is 0 Å². The van der Waals surface area contributed by atoms with Crippen LogP contribution in [0.4, 0.5) is 0 Å². The lowest BCUT2D eigenvalue weighted by molar-refractivity contribution is 0.763. The van der Waals surface area contributed by atoms with Crippen molar-refractivity contribution in [1.29, 1.82) is 0 Å². The van der Waals surface area contributed by atoms with Crippen molar-refractivity contribution in [3.8, 4) is 0 Å². The van der Waals surface area contributed by atoms with E-state index in [2.05, 4.69) is 31.4 Å². The molecule has 35 valence electrons. The van der Waals surface area contributed by atoms with E-state index >= 15 is 0 Å². The van der Waals surface area contributed by atoms with Gasteiger partial charge >= 0.3 is 0 Å². The number of rotatable bonds is 2. The van der Waals surface area contributed by atoms with Gasteiger partial charge in [0.25, 0.3) is 0 Å². The normalized spacial score (nSPS) is 13.7. The van der Waals surface area contributed by atoms with E-state index < -0.39 is 0 Å². The van der Waals surface area contributed by atoms with Crippen molar-refractivity contribution < 1.29 is 0 Å². The molecule has 0 rings (SSSR count). The number of hydrogen-bond donors (Lipinski definition) is 0. The summed E-state index contributed by atoms with van der Waals surface area (Å²) in [6.45, 7) is 4.16. The van der Waals surface area contributed by atoms with Crippen LogP contribution in [0, 0.1) is 5.92 Å². The van der Waals surface area contributed by atoms with Gasteiger partial charge in [-0.15, -0.1) is 0 Å². The van der Waals surface area contributed by atoms with E-state index in [0.717, 1.165) is 6.42 Å². The first-order chi connectivity index (χ1) is 2.81. The SMILES string of the molecule is CCC(C)[C]=S. The van der Waals surface area contributed by atoms with Gasteiger partial charge in [-0.05, 0) is 12.3 Å². The summed E-state index contributed by atoms with van der Waals surface area (Å²) >= 11 is 4.52. The molecule has 1 radical (unpaired) electrons. The molecule has 0 aromatic heterocycles. The third-order valence-electron chi connectivity index (χ3n) is 0.814. The van der Waals surface area contributed by atoms with Crippen LogP contribution in [0.2, 0.25) is 0 Å². The molecule has 0 N–H and O–H groups in total. The van der Waals surface area contributed by atoms with Crippen LogP contribution >= 0.6 is 12.2 Å². The van der Waals surface area contributed by atoms with Gasteiger partial charge in [-0.3, -0.25) is 0 Å². The first kappa shape index (κ1) is 6.09.